The van der Waals surface area contributed by atoms with E-state index in [0.717, 1.165) is 5.69 Å². The minimum absolute atomic E-state index is 0.113. The fourth-order valence-corrected chi connectivity index (χ4v) is 2.40. The van der Waals surface area contributed by atoms with Crippen LogP contribution in [-0.4, -0.2) is 0 Å². The van der Waals surface area contributed by atoms with Crippen LogP contribution in [0.25, 0.3) is 0 Å². The molecule has 0 radical (unpaired) electrons. The Labute approximate surface area is 118 Å². The van der Waals surface area contributed by atoms with Crippen LogP contribution in [0.2, 0.25) is 5.02 Å². The molecule has 0 bridgehead atoms. The fourth-order valence-electron chi connectivity index (χ4n) is 2.18. The lowest BCUT2D eigenvalue weighted by molar-refractivity contribution is 0.628. The molecule has 0 amide bonds. The van der Waals surface area contributed by atoms with Gasteiger partial charge in [0.2, 0.25) is 0 Å². The minimum Gasteiger partial charge on any atom is -0.377 e. The molecule has 0 aliphatic heterocycles. The highest BCUT2D eigenvalue weighted by Crippen LogP contribution is 2.27. The van der Waals surface area contributed by atoms with Crippen molar-refractivity contribution in [3.8, 4) is 0 Å². The molecule has 19 heavy (non-hydrogen) atoms. The zero-order valence-electron chi connectivity index (χ0n) is 11.3. The third-order valence-electron chi connectivity index (χ3n) is 3.05. The van der Waals surface area contributed by atoms with Gasteiger partial charge in [0.1, 0.15) is 5.82 Å². The third-order valence-corrected chi connectivity index (χ3v) is 3.36. The van der Waals surface area contributed by atoms with Gasteiger partial charge in [-0.3, -0.25) is 0 Å². The summed E-state index contributed by atoms with van der Waals surface area (Å²) in [5, 5.41) is 3.71. The van der Waals surface area contributed by atoms with Gasteiger partial charge in [-0.05, 0) is 44.5 Å². The first kappa shape index (κ1) is 13.9. The smallest absolute Gasteiger partial charge is 0.124 e. The highest BCUT2D eigenvalue weighted by Gasteiger charge is 2.09. The quantitative estimate of drug-likeness (QED) is 0.806. The van der Waals surface area contributed by atoms with Crippen molar-refractivity contribution in [1.82, 2.24) is 0 Å². The Hall–Kier alpha value is -1.54. The Bertz CT molecular complexity index is 575. The first-order valence-corrected chi connectivity index (χ1v) is 6.63. The fraction of sp³-hybridized carbons (Fsp3) is 0.250. The zero-order valence-corrected chi connectivity index (χ0v) is 12.1. The molecule has 0 aliphatic carbocycles. The van der Waals surface area contributed by atoms with Gasteiger partial charge in [-0.2, -0.15) is 0 Å². The summed E-state index contributed by atoms with van der Waals surface area (Å²) in [5.74, 6) is -0.324. The Morgan fingerprint density at radius 2 is 1.68 bits per heavy atom. The molecule has 2 aromatic carbocycles. The first-order valence-electron chi connectivity index (χ1n) is 6.25. The van der Waals surface area contributed by atoms with Crippen LogP contribution < -0.4 is 5.32 Å². The van der Waals surface area contributed by atoms with Gasteiger partial charge in [-0.25, -0.2) is 4.39 Å². The summed E-state index contributed by atoms with van der Waals surface area (Å²) in [6.07, 6.45) is 0. The highest BCUT2D eigenvalue weighted by molar-refractivity contribution is 6.33. The van der Waals surface area contributed by atoms with Gasteiger partial charge < -0.3 is 5.32 Å². The lowest BCUT2D eigenvalue weighted by atomic mass is 10.0. The minimum atomic E-state index is -0.324. The summed E-state index contributed by atoms with van der Waals surface area (Å²) in [6.45, 7) is 6.22. The molecular weight excluding hydrogens is 261 g/mol. The Kier molecular flexibility index (Phi) is 4.11. The maximum Gasteiger partial charge on any atom is 0.124 e. The van der Waals surface area contributed by atoms with E-state index in [1.165, 1.54) is 28.8 Å². The van der Waals surface area contributed by atoms with Crippen LogP contribution in [0.5, 0.6) is 0 Å². The van der Waals surface area contributed by atoms with Gasteiger partial charge in [0.05, 0.1) is 10.7 Å². The third kappa shape index (κ3) is 3.48. The molecule has 0 heterocycles. The van der Waals surface area contributed by atoms with Crippen molar-refractivity contribution in [3.05, 3.63) is 63.9 Å². The number of halogens is 2. The molecule has 0 spiro atoms. The van der Waals surface area contributed by atoms with Crippen LogP contribution in [-0.2, 0) is 0 Å². The van der Waals surface area contributed by atoms with Gasteiger partial charge in [0, 0.05) is 6.04 Å². The van der Waals surface area contributed by atoms with Crippen molar-refractivity contribution < 1.29 is 4.39 Å². The largest absolute Gasteiger partial charge is 0.377 e. The predicted octanol–water partition coefficient (Wildman–Crippen LogP) is 5.27. The van der Waals surface area contributed by atoms with Crippen LogP contribution in [0.3, 0.4) is 0 Å². The number of benzene rings is 2. The van der Waals surface area contributed by atoms with Gasteiger partial charge in [-0.1, -0.05) is 40.9 Å². The van der Waals surface area contributed by atoms with Crippen molar-refractivity contribution in [2.24, 2.45) is 0 Å². The normalized spacial score (nSPS) is 12.3. The number of rotatable bonds is 3. The maximum absolute atomic E-state index is 13.0. The van der Waals surface area contributed by atoms with E-state index in [0.29, 0.717) is 5.02 Å². The van der Waals surface area contributed by atoms with E-state index in [-0.39, 0.29) is 11.9 Å². The van der Waals surface area contributed by atoms with Gasteiger partial charge in [0.15, 0.2) is 0 Å². The number of aryl methyl sites for hydroxylation is 2. The monoisotopic (exact) mass is 277 g/mol. The topological polar surface area (TPSA) is 12.0 Å². The molecule has 100 valence electrons. The van der Waals surface area contributed by atoms with Crippen molar-refractivity contribution >= 4 is 17.3 Å². The van der Waals surface area contributed by atoms with Gasteiger partial charge in [-0.15, -0.1) is 0 Å². The summed E-state index contributed by atoms with van der Waals surface area (Å²) in [7, 11) is 0. The molecule has 2 aromatic rings. The molecule has 0 saturated heterocycles. The van der Waals surface area contributed by atoms with E-state index in [4.69, 9.17) is 11.6 Å². The number of hydrogen-bond acceptors (Lipinski definition) is 1. The van der Waals surface area contributed by atoms with E-state index >= 15 is 0 Å². The molecule has 1 nitrogen and oxygen atoms in total. The van der Waals surface area contributed by atoms with Gasteiger partial charge in [0.25, 0.3) is 0 Å². The molecule has 1 unspecified atom stereocenters. The van der Waals surface area contributed by atoms with E-state index < -0.39 is 0 Å². The van der Waals surface area contributed by atoms with Crippen LogP contribution in [0.15, 0.2) is 36.4 Å². The Morgan fingerprint density at radius 1 is 1.05 bits per heavy atom. The molecule has 1 atom stereocenters. The van der Waals surface area contributed by atoms with Crippen molar-refractivity contribution in [2.45, 2.75) is 26.8 Å². The van der Waals surface area contributed by atoms with Crippen molar-refractivity contribution in [1.29, 1.82) is 0 Å². The summed E-state index contributed by atoms with van der Waals surface area (Å²) in [6, 6.07) is 10.9. The average molecular weight is 278 g/mol. The lowest BCUT2D eigenvalue weighted by Gasteiger charge is -2.18. The number of hydrogen-bond donors (Lipinski definition) is 1. The van der Waals surface area contributed by atoms with Crippen molar-refractivity contribution in [3.63, 3.8) is 0 Å². The van der Waals surface area contributed by atoms with Gasteiger partial charge >= 0.3 is 0 Å². The lowest BCUT2D eigenvalue weighted by Crippen LogP contribution is -2.07. The van der Waals surface area contributed by atoms with Crippen LogP contribution >= 0.6 is 11.6 Å². The second-order valence-corrected chi connectivity index (χ2v) is 5.32. The standard InChI is InChI=1S/C16H17ClFN/c1-10-6-11(2)8-13(7-10)12(3)19-16-5-4-14(18)9-15(16)17/h4-9,12,19H,1-3H3. The molecule has 2 rings (SSSR count). The first-order chi connectivity index (χ1) is 8.95. The molecule has 0 fully saturated rings. The second kappa shape index (κ2) is 5.62. The summed E-state index contributed by atoms with van der Waals surface area (Å²) in [5.41, 5.74) is 4.40. The highest BCUT2D eigenvalue weighted by atomic mass is 35.5. The molecule has 0 saturated carbocycles. The predicted molar refractivity (Wildman–Crippen MR) is 79.4 cm³/mol. The maximum atomic E-state index is 13.0. The summed E-state index contributed by atoms with van der Waals surface area (Å²) in [4.78, 5) is 0. The molecule has 3 heteroatoms. The summed E-state index contributed by atoms with van der Waals surface area (Å²) < 4.78 is 13.0. The van der Waals surface area contributed by atoms with Crippen LogP contribution in [0.1, 0.15) is 29.7 Å². The Balaban J connectivity index is 2.22. The Morgan fingerprint density at radius 3 is 2.26 bits per heavy atom. The number of anilines is 1. The van der Waals surface area contributed by atoms with Crippen LogP contribution in [0, 0.1) is 19.7 Å². The van der Waals surface area contributed by atoms with E-state index in [1.54, 1.807) is 6.07 Å². The van der Waals surface area contributed by atoms with Crippen molar-refractivity contribution in [2.75, 3.05) is 5.32 Å². The second-order valence-electron chi connectivity index (χ2n) is 4.91. The molecular formula is C16H17ClFN. The zero-order chi connectivity index (χ0) is 14.0. The molecule has 0 aromatic heterocycles. The van der Waals surface area contributed by atoms with E-state index in [2.05, 4.69) is 44.3 Å². The molecule has 0 aliphatic rings. The van der Waals surface area contributed by atoms with Crippen LogP contribution in [0.4, 0.5) is 10.1 Å². The van der Waals surface area contributed by atoms with E-state index in [9.17, 15) is 4.39 Å². The molecule has 1 N–H and O–H groups in total. The average Bonchev–Trinajstić information content (AvgIpc) is 2.31. The number of nitrogens with one attached hydrogen (secondary N) is 1. The summed E-state index contributed by atoms with van der Waals surface area (Å²) >= 11 is 6.02. The van der Waals surface area contributed by atoms with E-state index in [1.807, 2.05) is 0 Å². The SMILES string of the molecule is Cc1cc(C)cc(C(C)Nc2ccc(F)cc2Cl)c1.